The molecule has 0 aliphatic rings. The molecule has 0 aliphatic heterocycles. The number of methoxy groups -OCH3 is 1. The van der Waals surface area contributed by atoms with Gasteiger partial charge in [0.1, 0.15) is 5.52 Å². The molecule has 0 amide bonds. The van der Waals surface area contributed by atoms with E-state index in [1.807, 2.05) is 6.92 Å². The van der Waals surface area contributed by atoms with Gasteiger partial charge in [0.05, 0.1) is 7.11 Å². The van der Waals surface area contributed by atoms with E-state index in [1.165, 1.54) is 7.11 Å². The number of carbonyl (C=O) groups is 1. The minimum atomic E-state index is -5.08. The summed E-state index contributed by atoms with van der Waals surface area (Å²) in [5.74, 6) is -2.49. The molecule has 2 rings (SSSR count). The number of alkyl halides is 3. The lowest BCUT2D eigenvalue weighted by atomic mass is 10.2. The fraction of sp³-hybridized carbons (Fsp3) is 0.538. The lowest BCUT2D eigenvalue weighted by Crippen LogP contribution is -2.27. The standard InChI is InChI=1S/C11H18N6O.C2HF3O2/c1-4-5-6(2)17-9-7(8(12)15-10(17)13)14-11(16-9)18-3;3-2(4,5)1(6)7/h6H,4-5H2,1-3H3,(H,14,16)(H3,12,13,15);(H,6,7)/t6-;/m0./s1. The van der Waals surface area contributed by atoms with Gasteiger partial charge in [-0.15, -0.1) is 0 Å². The molecule has 0 saturated carbocycles. The zero-order valence-corrected chi connectivity index (χ0v) is 13.8. The number of imidazole rings is 1. The van der Waals surface area contributed by atoms with E-state index in [2.05, 4.69) is 21.9 Å². The zero-order chi connectivity index (χ0) is 19.4. The molecule has 0 bridgehead atoms. The summed E-state index contributed by atoms with van der Waals surface area (Å²) in [6, 6.07) is 0.521. The fourth-order valence-electron chi connectivity index (χ4n) is 2.08. The molecule has 25 heavy (non-hydrogen) atoms. The molecular weight excluding hydrogens is 345 g/mol. The number of halogens is 3. The van der Waals surface area contributed by atoms with Crippen molar-refractivity contribution in [1.29, 1.82) is 5.41 Å². The van der Waals surface area contributed by atoms with Gasteiger partial charge < -0.3 is 20.6 Å². The van der Waals surface area contributed by atoms with E-state index in [0.29, 0.717) is 17.2 Å². The summed E-state index contributed by atoms with van der Waals surface area (Å²) in [4.78, 5) is 20.2. The molecule has 0 fully saturated rings. The molecule has 1 atom stereocenters. The Morgan fingerprint density at radius 3 is 2.48 bits per heavy atom. The van der Waals surface area contributed by atoms with Crippen LogP contribution in [0.2, 0.25) is 0 Å². The SMILES string of the molecule is CCC[C@H](C)n1c(=N)nc(N)c2[nH]c(OC)nc21.O=C(O)C(F)(F)F. The van der Waals surface area contributed by atoms with Gasteiger partial charge in [-0.25, -0.2) is 4.79 Å². The van der Waals surface area contributed by atoms with Gasteiger partial charge in [0, 0.05) is 6.04 Å². The number of aliphatic carboxylic acids is 1. The minimum Gasteiger partial charge on any atom is -0.475 e. The zero-order valence-electron chi connectivity index (χ0n) is 13.8. The maximum absolute atomic E-state index is 10.6. The van der Waals surface area contributed by atoms with E-state index in [4.69, 9.17) is 25.8 Å². The second kappa shape index (κ2) is 7.85. The summed E-state index contributed by atoms with van der Waals surface area (Å²) < 4.78 is 38.6. The van der Waals surface area contributed by atoms with Crippen LogP contribution in [-0.2, 0) is 4.79 Å². The number of nitrogen functional groups attached to an aromatic ring is 1. The van der Waals surface area contributed by atoms with Crippen LogP contribution in [-0.4, -0.2) is 43.9 Å². The quantitative estimate of drug-likeness (QED) is 0.652. The Morgan fingerprint density at radius 1 is 1.48 bits per heavy atom. The molecule has 0 aliphatic carbocycles. The summed E-state index contributed by atoms with van der Waals surface area (Å²) in [5, 5.41) is 15.1. The van der Waals surface area contributed by atoms with E-state index in [-0.39, 0.29) is 17.5 Å². The molecule has 0 spiro atoms. The number of nitrogens with zero attached hydrogens (tertiary/aromatic N) is 3. The Balaban J connectivity index is 0.000000381. The first kappa shape index (κ1) is 20.3. The smallest absolute Gasteiger partial charge is 0.475 e. The van der Waals surface area contributed by atoms with Gasteiger partial charge >= 0.3 is 12.1 Å². The maximum Gasteiger partial charge on any atom is 0.490 e. The number of aromatic amines is 1. The van der Waals surface area contributed by atoms with Crippen LogP contribution in [0.4, 0.5) is 19.0 Å². The van der Waals surface area contributed by atoms with Crippen LogP contribution in [0, 0.1) is 5.41 Å². The Morgan fingerprint density at radius 2 is 2.04 bits per heavy atom. The average molecular weight is 364 g/mol. The Hall–Kier alpha value is -2.79. The van der Waals surface area contributed by atoms with Crippen LogP contribution in [0.15, 0.2) is 0 Å². The van der Waals surface area contributed by atoms with Gasteiger partial charge in [-0.05, 0) is 13.3 Å². The van der Waals surface area contributed by atoms with Gasteiger partial charge in [0.25, 0.3) is 6.01 Å². The third kappa shape index (κ3) is 4.84. The van der Waals surface area contributed by atoms with Crippen molar-refractivity contribution >= 4 is 23.0 Å². The number of fused-ring (bicyclic) bond motifs is 1. The highest BCUT2D eigenvalue weighted by Gasteiger charge is 2.38. The molecule has 2 aromatic heterocycles. The summed E-state index contributed by atoms with van der Waals surface area (Å²) >= 11 is 0. The predicted octanol–water partition coefficient (Wildman–Crippen LogP) is 1.82. The van der Waals surface area contributed by atoms with E-state index in [9.17, 15) is 13.2 Å². The number of hydrogen-bond donors (Lipinski definition) is 4. The van der Waals surface area contributed by atoms with Crippen molar-refractivity contribution in [3.63, 3.8) is 0 Å². The number of aromatic nitrogens is 4. The van der Waals surface area contributed by atoms with E-state index < -0.39 is 12.1 Å². The van der Waals surface area contributed by atoms with Crippen LogP contribution < -0.4 is 16.1 Å². The van der Waals surface area contributed by atoms with Crippen molar-refractivity contribution in [1.82, 2.24) is 19.5 Å². The number of carboxylic acids is 1. The lowest BCUT2D eigenvalue weighted by molar-refractivity contribution is -0.192. The van der Waals surface area contributed by atoms with Gasteiger partial charge in [0.15, 0.2) is 11.5 Å². The molecule has 0 aromatic carbocycles. The molecule has 0 unspecified atom stereocenters. The first-order valence-electron chi connectivity index (χ1n) is 7.19. The monoisotopic (exact) mass is 364 g/mol. The van der Waals surface area contributed by atoms with Crippen LogP contribution in [0.5, 0.6) is 6.01 Å². The fourth-order valence-corrected chi connectivity index (χ4v) is 2.08. The Kier molecular flexibility index (Phi) is 6.36. The Labute approximate surface area is 140 Å². The van der Waals surface area contributed by atoms with Crippen LogP contribution in [0.25, 0.3) is 11.2 Å². The summed E-state index contributed by atoms with van der Waals surface area (Å²) in [7, 11) is 1.53. The number of hydrogen-bond acceptors (Lipinski definition) is 6. The van der Waals surface area contributed by atoms with Gasteiger partial charge in [0.2, 0.25) is 5.62 Å². The van der Waals surface area contributed by atoms with Gasteiger partial charge in [-0.2, -0.15) is 23.1 Å². The van der Waals surface area contributed by atoms with Crippen LogP contribution >= 0.6 is 0 Å². The number of anilines is 1. The highest BCUT2D eigenvalue weighted by atomic mass is 19.4. The average Bonchev–Trinajstić information content (AvgIpc) is 2.91. The molecule has 9 nitrogen and oxygen atoms in total. The highest BCUT2D eigenvalue weighted by molar-refractivity contribution is 5.82. The number of rotatable bonds is 4. The lowest BCUT2D eigenvalue weighted by Gasteiger charge is -2.15. The van der Waals surface area contributed by atoms with E-state index >= 15 is 0 Å². The molecule has 2 heterocycles. The first-order valence-corrected chi connectivity index (χ1v) is 7.19. The van der Waals surface area contributed by atoms with Crippen molar-refractivity contribution in [3.05, 3.63) is 5.62 Å². The first-order chi connectivity index (χ1) is 11.5. The second-order valence-electron chi connectivity index (χ2n) is 5.08. The molecule has 2 aromatic rings. The Bertz CT molecular complexity index is 799. The van der Waals surface area contributed by atoms with E-state index in [1.54, 1.807) is 4.57 Å². The number of nitrogens with two attached hydrogens (primary N) is 1. The minimum absolute atomic E-state index is 0.120. The highest BCUT2D eigenvalue weighted by Crippen LogP contribution is 2.22. The second-order valence-corrected chi connectivity index (χ2v) is 5.08. The summed E-state index contributed by atoms with van der Waals surface area (Å²) in [6.07, 6.45) is -3.10. The largest absolute Gasteiger partial charge is 0.490 e. The molecule has 12 heteroatoms. The number of H-pyrrole nitrogens is 1. The molecule has 5 N–H and O–H groups in total. The van der Waals surface area contributed by atoms with E-state index in [0.717, 1.165) is 12.8 Å². The van der Waals surface area contributed by atoms with Crippen molar-refractivity contribution < 1.29 is 27.8 Å². The normalized spacial score (nSPS) is 12.4. The van der Waals surface area contributed by atoms with Crippen molar-refractivity contribution in [3.8, 4) is 6.01 Å². The van der Waals surface area contributed by atoms with Gasteiger partial charge in [-0.1, -0.05) is 13.3 Å². The molecule has 140 valence electrons. The third-order valence-electron chi connectivity index (χ3n) is 3.18. The number of carboxylic acid groups (broad SMARTS) is 1. The number of nitrogens with one attached hydrogen (secondary N) is 2. The summed E-state index contributed by atoms with van der Waals surface area (Å²) in [6.45, 7) is 4.15. The van der Waals surface area contributed by atoms with Crippen molar-refractivity contribution in [2.24, 2.45) is 0 Å². The van der Waals surface area contributed by atoms with Crippen LogP contribution in [0.3, 0.4) is 0 Å². The topological polar surface area (TPSA) is 143 Å². The van der Waals surface area contributed by atoms with Crippen molar-refractivity contribution in [2.75, 3.05) is 12.8 Å². The molecule has 0 radical (unpaired) electrons. The van der Waals surface area contributed by atoms with Gasteiger partial charge in [-0.3, -0.25) is 9.98 Å². The molecular formula is C13H19F3N6O3. The van der Waals surface area contributed by atoms with Crippen LogP contribution in [0.1, 0.15) is 32.7 Å². The maximum atomic E-state index is 10.6. The molecule has 0 saturated heterocycles. The summed E-state index contributed by atoms with van der Waals surface area (Å²) in [5.41, 5.74) is 7.15. The number of ether oxygens (including phenoxy) is 1. The predicted molar refractivity (Wildman–Crippen MR) is 82.0 cm³/mol. The third-order valence-corrected chi connectivity index (χ3v) is 3.18. The van der Waals surface area contributed by atoms with Crippen molar-refractivity contribution in [2.45, 2.75) is 38.9 Å².